The van der Waals surface area contributed by atoms with Gasteiger partial charge in [0.2, 0.25) is 0 Å². The number of hydrogen-bond acceptors (Lipinski definition) is 5. The smallest absolute Gasteiger partial charge is 0.488 e. The first kappa shape index (κ1) is 15.4. The first-order valence-electron chi connectivity index (χ1n) is 5.98. The predicted molar refractivity (Wildman–Crippen MR) is 84.4 cm³/mol. The standard InChI is InChI=1S/C13H13BBrNO3S/c15-11-3-6-13(16-9-11)20-8-7-19-12-4-1-10(2-5-12)14(17)18/h1-6,9,17-18H,7-8H2. The van der Waals surface area contributed by atoms with Gasteiger partial charge in [-0.05, 0) is 45.7 Å². The molecule has 0 radical (unpaired) electrons. The van der Waals surface area contributed by atoms with E-state index in [0.717, 1.165) is 15.3 Å². The van der Waals surface area contributed by atoms with Crippen LogP contribution in [0.4, 0.5) is 0 Å². The van der Waals surface area contributed by atoms with E-state index in [1.54, 1.807) is 42.2 Å². The van der Waals surface area contributed by atoms with E-state index in [9.17, 15) is 0 Å². The molecule has 0 aliphatic carbocycles. The summed E-state index contributed by atoms with van der Waals surface area (Å²) in [6.07, 6.45) is 1.77. The summed E-state index contributed by atoms with van der Waals surface area (Å²) < 4.78 is 6.53. The van der Waals surface area contributed by atoms with Gasteiger partial charge in [0, 0.05) is 16.4 Å². The number of hydrogen-bond donors (Lipinski definition) is 2. The lowest BCUT2D eigenvalue weighted by atomic mass is 9.80. The number of nitrogens with zero attached hydrogens (tertiary/aromatic N) is 1. The van der Waals surface area contributed by atoms with Crippen LogP contribution in [0.15, 0.2) is 52.1 Å². The van der Waals surface area contributed by atoms with Crippen molar-refractivity contribution >= 4 is 40.3 Å². The number of pyridine rings is 1. The molecule has 1 aromatic carbocycles. The van der Waals surface area contributed by atoms with Gasteiger partial charge >= 0.3 is 7.12 Å². The topological polar surface area (TPSA) is 62.6 Å². The third kappa shape index (κ3) is 4.83. The Balaban J connectivity index is 1.74. The summed E-state index contributed by atoms with van der Waals surface area (Å²) in [5.41, 5.74) is 0.450. The molecule has 0 aliphatic rings. The van der Waals surface area contributed by atoms with Gasteiger partial charge in [0.1, 0.15) is 5.75 Å². The van der Waals surface area contributed by atoms with E-state index in [1.807, 2.05) is 12.1 Å². The van der Waals surface area contributed by atoms with E-state index in [0.29, 0.717) is 17.8 Å². The lowest BCUT2D eigenvalue weighted by molar-refractivity contribution is 0.344. The van der Waals surface area contributed by atoms with Gasteiger partial charge in [-0.2, -0.15) is 0 Å². The van der Waals surface area contributed by atoms with Crippen molar-refractivity contribution < 1.29 is 14.8 Å². The van der Waals surface area contributed by atoms with Crippen LogP contribution in [0.3, 0.4) is 0 Å². The quantitative estimate of drug-likeness (QED) is 0.470. The molecule has 0 saturated carbocycles. The van der Waals surface area contributed by atoms with E-state index >= 15 is 0 Å². The molecule has 0 aliphatic heterocycles. The summed E-state index contributed by atoms with van der Waals surface area (Å²) in [6.45, 7) is 0.559. The normalized spacial score (nSPS) is 10.3. The average Bonchev–Trinajstić information content (AvgIpc) is 2.46. The van der Waals surface area contributed by atoms with Crippen molar-refractivity contribution in [1.82, 2.24) is 4.98 Å². The number of halogens is 1. The molecule has 0 fully saturated rings. The minimum atomic E-state index is -1.44. The van der Waals surface area contributed by atoms with Crippen LogP contribution in [0.1, 0.15) is 0 Å². The fourth-order valence-corrected chi connectivity index (χ4v) is 2.39. The van der Waals surface area contributed by atoms with E-state index in [1.165, 1.54) is 0 Å². The van der Waals surface area contributed by atoms with E-state index in [2.05, 4.69) is 20.9 Å². The van der Waals surface area contributed by atoms with Gasteiger partial charge in [-0.15, -0.1) is 11.8 Å². The van der Waals surface area contributed by atoms with Crippen molar-refractivity contribution in [3.05, 3.63) is 47.1 Å². The summed E-state index contributed by atoms with van der Waals surface area (Å²) in [5.74, 6) is 1.50. The molecule has 7 heteroatoms. The fraction of sp³-hybridized carbons (Fsp3) is 0.154. The summed E-state index contributed by atoms with van der Waals surface area (Å²) >= 11 is 4.96. The number of rotatable bonds is 6. The van der Waals surface area contributed by atoms with Crippen LogP contribution in [0.25, 0.3) is 0 Å². The Bertz CT molecular complexity index is 536. The number of ether oxygens (including phenoxy) is 1. The van der Waals surface area contributed by atoms with Crippen molar-refractivity contribution in [3.63, 3.8) is 0 Å². The van der Waals surface area contributed by atoms with Crippen molar-refractivity contribution in [1.29, 1.82) is 0 Å². The lowest BCUT2D eigenvalue weighted by Crippen LogP contribution is -2.29. The second-order valence-electron chi connectivity index (χ2n) is 3.95. The molecule has 0 spiro atoms. The van der Waals surface area contributed by atoms with Gasteiger partial charge in [0.15, 0.2) is 0 Å². The summed E-state index contributed by atoms with van der Waals surface area (Å²) in [7, 11) is -1.44. The van der Waals surface area contributed by atoms with Crippen LogP contribution in [0, 0.1) is 0 Å². The van der Waals surface area contributed by atoms with Gasteiger partial charge in [0.25, 0.3) is 0 Å². The highest BCUT2D eigenvalue weighted by molar-refractivity contribution is 9.10. The van der Waals surface area contributed by atoms with Crippen molar-refractivity contribution in [2.45, 2.75) is 5.03 Å². The maximum absolute atomic E-state index is 8.98. The molecule has 4 nitrogen and oxygen atoms in total. The molecule has 0 bridgehead atoms. The molecule has 1 aromatic heterocycles. The van der Waals surface area contributed by atoms with Crippen LogP contribution in [-0.4, -0.2) is 34.5 Å². The number of benzene rings is 1. The van der Waals surface area contributed by atoms with Crippen LogP contribution in [-0.2, 0) is 0 Å². The van der Waals surface area contributed by atoms with E-state index < -0.39 is 7.12 Å². The maximum atomic E-state index is 8.98. The Hall–Kier alpha value is -1.02. The van der Waals surface area contributed by atoms with Gasteiger partial charge in [-0.3, -0.25) is 0 Å². The minimum absolute atomic E-state index is 0.450. The first-order valence-corrected chi connectivity index (χ1v) is 7.76. The predicted octanol–water partition coefficient (Wildman–Crippen LogP) is 1.69. The fourth-order valence-electron chi connectivity index (χ4n) is 1.49. The Morgan fingerprint density at radius 2 is 1.90 bits per heavy atom. The third-order valence-electron chi connectivity index (χ3n) is 2.48. The Morgan fingerprint density at radius 3 is 2.50 bits per heavy atom. The van der Waals surface area contributed by atoms with Gasteiger partial charge in [-0.25, -0.2) is 4.98 Å². The van der Waals surface area contributed by atoms with E-state index in [4.69, 9.17) is 14.8 Å². The molecule has 2 N–H and O–H groups in total. The summed E-state index contributed by atoms with van der Waals surface area (Å²) in [6, 6.07) is 10.6. The number of thioether (sulfide) groups is 1. The largest absolute Gasteiger partial charge is 0.493 e. The molecule has 0 amide bonds. The zero-order chi connectivity index (χ0) is 14.4. The highest BCUT2D eigenvalue weighted by Gasteiger charge is 2.09. The maximum Gasteiger partial charge on any atom is 0.488 e. The number of aromatic nitrogens is 1. The van der Waals surface area contributed by atoms with E-state index in [-0.39, 0.29) is 0 Å². The second-order valence-corrected chi connectivity index (χ2v) is 5.99. The molecule has 0 saturated heterocycles. The zero-order valence-corrected chi connectivity index (χ0v) is 13.0. The van der Waals surface area contributed by atoms with Crippen molar-refractivity contribution in [2.75, 3.05) is 12.4 Å². The molecule has 104 valence electrons. The average molecular weight is 354 g/mol. The Morgan fingerprint density at radius 1 is 1.15 bits per heavy atom. The zero-order valence-electron chi connectivity index (χ0n) is 10.6. The van der Waals surface area contributed by atoms with Crippen LogP contribution in [0.5, 0.6) is 5.75 Å². The molecule has 0 atom stereocenters. The molecule has 0 unspecified atom stereocenters. The monoisotopic (exact) mass is 353 g/mol. The first-order chi connectivity index (χ1) is 9.65. The molecular formula is C13H13BBrNO3S. The highest BCUT2D eigenvalue weighted by Crippen LogP contribution is 2.17. The molecule has 1 heterocycles. The molecule has 2 rings (SSSR count). The molecule has 2 aromatic rings. The highest BCUT2D eigenvalue weighted by atomic mass is 79.9. The Kier molecular flexibility index (Phi) is 5.91. The van der Waals surface area contributed by atoms with Gasteiger partial charge < -0.3 is 14.8 Å². The Labute approximate surface area is 130 Å². The third-order valence-corrected chi connectivity index (χ3v) is 3.86. The van der Waals surface area contributed by atoms with Gasteiger partial charge in [0.05, 0.1) is 11.6 Å². The van der Waals surface area contributed by atoms with Crippen molar-refractivity contribution in [3.8, 4) is 5.75 Å². The van der Waals surface area contributed by atoms with Crippen molar-refractivity contribution in [2.24, 2.45) is 0 Å². The second kappa shape index (κ2) is 7.68. The summed E-state index contributed by atoms with van der Waals surface area (Å²) in [5, 5.41) is 18.9. The SMILES string of the molecule is OB(O)c1ccc(OCCSc2ccc(Br)cn2)cc1. The molecule has 20 heavy (non-hydrogen) atoms. The summed E-state index contributed by atoms with van der Waals surface area (Å²) in [4.78, 5) is 4.26. The van der Waals surface area contributed by atoms with Crippen LogP contribution >= 0.6 is 27.7 Å². The minimum Gasteiger partial charge on any atom is -0.493 e. The lowest BCUT2D eigenvalue weighted by Gasteiger charge is -2.06. The van der Waals surface area contributed by atoms with Crippen LogP contribution in [0.2, 0.25) is 0 Å². The van der Waals surface area contributed by atoms with Gasteiger partial charge in [-0.1, -0.05) is 12.1 Å². The van der Waals surface area contributed by atoms with Crippen LogP contribution < -0.4 is 10.2 Å². The molecular weight excluding hydrogens is 341 g/mol.